The molecule has 2 aromatic rings. The largest absolute Gasteiger partial charge is 0.337 e. The van der Waals surface area contributed by atoms with Crippen LogP contribution in [0.15, 0.2) is 53.6 Å². The molecular weight excluding hydrogens is 409 g/mol. The lowest BCUT2D eigenvalue weighted by molar-refractivity contribution is -0.131. The number of benzene rings is 2. The minimum Gasteiger partial charge on any atom is -0.337 e. The molecule has 0 bridgehead atoms. The standard InChI is InChI=1S/C21H23Cl2N5O/c1-27(21(29)12-15-7-8-18(22)19(23)11-15)20(16-5-3-2-4-6-16)14-28-10-9-17(13-28)25-26-24/h2-8,11,17,20H,9-10,12-14H2,1H3/t17-,20+/m0/s1. The highest BCUT2D eigenvalue weighted by Crippen LogP contribution is 2.26. The predicted octanol–water partition coefficient (Wildman–Crippen LogP) is 5.12. The van der Waals surface area contributed by atoms with Crippen LogP contribution >= 0.6 is 23.2 Å². The molecule has 0 unspecified atom stereocenters. The highest BCUT2D eigenvalue weighted by molar-refractivity contribution is 6.42. The van der Waals surface area contributed by atoms with E-state index in [-0.39, 0.29) is 24.4 Å². The van der Waals surface area contributed by atoms with Crippen molar-refractivity contribution in [2.75, 3.05) is 26.7 Å². The van der Waals surface area contributed by atoms with Crippen LogP contribution in [0.1, 0.15) is 23.6 Å². The molecule has 1 fully saturated rings. The fraction of sp³-hybridized carbons (Fsp3) is 0.381. The van der Waals surface area contributed by atoms with Gasteiger partial charge in [0.25, 0.3) is 0 Å². The van der Waals surface area contributed by atoms with Gasteiger partial charge in [0.1, 0.15) is 0 Å². The first-order chi connectivity index (χ1) is 14.0. The fourth-order valence-corrected chi connectivity index (χ4v) is 3.96. The third kappa shape index (κ3) is 5.64. The number of nitrogens with zero attached hydrogens (tertiary/aromatic N) is 5. The van der Waals surface area contributed by atoms with Crippen LogP contribution in [0.4, 0.5) is 0 Å². The molecule has 152 valence electrons. The lowest BCUT2D eigenvalue weighted by atomic mass is 10.0. The molecule has 6 nitrogen and oxygen atoms in total. The fourth-order valence-electron chi connectivity index (χ4n) is 3.64. The van der Waals surface area contributed by atoms with Gasteiger partial charge >= 0.3 is 0 Å². The predicted molar refractivity (Wildman–Crippen MR) is 116 cm³/mol. The van der Waals surface area contributed by atoms with Crippen LogP contribution in [0.25, 0.3) is 10.4 Å². The maximum absolute atomic E-state index is 13.0. The summed E-state index contributed by atoms with van der Waals surface area (Å²) in [5.74, 6) is 0.00281. The number of carbonyl (C=O) groups excluding carboxylic acids is 1. The van der Waals surface area contributed by atoms with Gasteiger partial charge in [0.15, 0.2) is 0 Å². The second-order valence-electron chi connectivity index (χ2n) is 7.26. The lowest BCUT2D eigenvalue weighted by Crippen LogP contribution is -2.39. The molecule has 2 aromatic carbocycles. The van der Waals surface area contributed by atoms with Crippen molar-refractivity contribution in [1.29, 1.82) is 0 Å². The van der Waals surface area contributed by atoms with Crippen molar-refractivity contribution in [2.45, 2.75) is 24.9 Å². The summed E-state index contributed by atoms with van der Waals surface area (Å²) in [5.41, 5.74) is 10.6. The number of azide groups is 1. The summed E-state index contributed by atoms with van der Waals surface area (Å²) >= 11 is 12.1. The van der Waals surface area contributed by atoms with E-state index in [2.05, 4.69) is 14.9 Å². The molecule has 1 saturated heterocycles. The Morgan fingerprint density at radius 2 is 2.03 bits per heavy atom. The molecule has 2 atom stereocenters. The molecule has 1 aliphatic heterocycles. The second-order valence-corrected chi connectivity index (χ2v) is 8.08. The van der Waals surface area contributed by atoms with Crippen molar-refractivity contribution < 1.29 is 4.79 Å². The van der Waals surface area contributed by atoms with Crippen molar-refractivity contribution in [3.8, 4) is 0 Å². The first-order valence-electron chi connectivity index (χ1n) is 9.49. The van der Waals surface area contributed by atoms with E-state index in [1.54, 1.807) is 17.0 Å². The van der Waals surface area contributed by atoms with E-state index in [1.807, 2.05) is 43.4 Å². The Labute approximate surface area is 180 Å². The van der Waals surface area contributed by atoms with Crippen LogP contribution in [0.5, 0.6) is 0 Å². The molecule has 0 saturated carbocycles. The van der Waals surface area contributed by atoms with Crippen LogP contribution in [0.3, 0.4) is 0 Å². The van der Waals surface area contributed by atoms with Gasteiger partial charge in [-0.3, -0.25) is 4.79 Å². The Kier molecular flexibility index (Phi) is 7.40. The zero-order chi connectivity index (χ0) is 20.8. The summed E-state index contributed by atoms with van der Waals surface area (Å²) in [6, 6.07) is 15.2. The maximum Gasteiger partial charge on any atom is 0.227 e. The molecule has 0 N–H and O–H groups in total. The average molecular weight is 432 g/mol. The molecule has 29 heavy (non-hydrogen) atoms. The number of likely N-dealkylation sites (tertiary alicyclic amines) is 1. The van der Waals surface area contributed by atoms with Crippen molar-refractivity contribution >= 4 is 29.1 Å². The summed E-state index contributed by atoms with van der Waals surface area (Å²) in [6.07, 6.45) is 1.09. The van der Waals surface area contributed by atoms with Crippen molar-refractivity contribution in [3.63, 3.8) is 0 Å². The minimum absolute atomic E-state index is 0.00281. The first-order valence-corrected chi connectivity index (χ1v) is 10.2. The third-order valence-corrected chi connectivity index (χ3v) is 6.02. The quantitative estimate of drug-likeness (QED) is 0.346. The number of likely N-dealkylation sites (N-methyl/N-ethyl adjacent to an activating group) is 1. The van der Waals surface area contributed by atoms with Gasteiger partial charge in [-0.1, -0.05) is 64.7 Å². The van der Waals surface area contributed by atoms with Crippen molar-refractivity contribution in [3.05, 3.63) is 80.1 Å². The van der Waals surface area contributed by atoms with E-state index in [0.717, 1.165) is 24.1 Å². The minimum atomic E-state index is -0.101. The number of halogens is 2. The molecule has 1 heterocycles. The van der Waals surface area contributed by atoms with E-state index in [4.69, 9.17) is 28.7 Å². The zero-order valence-electron chi connectivity index (χ0n) is 16.2. The Bertz CT molecular complexity index is 901. The molecule has 0 radical (unpaired) electrons. The van der Waals surface area contributed by atoms with Gasteiger partial charge in [0.05, 0.1) is 28.5 Å². The van der Waals surface area contributed by atoms with E-state index >= 15 is 0 Å². The maximum atomic E-state index is 13.0. The van der Waals surface area contributed by atoms with E-state index in [1.165, 1.54) is 0 Å². The summed E-state index contributed by atoms with van der Waals surface area (Å²) in [5, 5.41) is 4.76. The molecule has 3 rings (SSSR count). The van der Waals surface area contributed by atoms with Gasteiger partial charge in [0, 0.05) is 25.0 Å². The first kappa shape index (κ1) is 21.5. The highest BCUT2D eigenvalue weighted by atomic mass is 35.5. The monoisotopic (exact) mass is 431 g/mol. The van der Waals surface area contributed by atoms with Crippen molar-refractivity contribution in [1.82, 2.24) is 9.80 Å². The topological polar surface area (TPSA) is 72.3 Å². The highest BCUT2D eigenvalue weighted by Gasteiger charge is 2.28. The molecule has 0 spiro atoms. The molecule has 0 aromatic heterocycles. The van der Waals surface area contributed by atoms with Crippen molar-refractivity contribution in [2.24, 2.45) is 5.11 Å². The number of hydrogen-bond donors (Lipinski definition) is 0. The van der Waals surface area contributed by atoms with E-state index in [9.17, 15) is 4.79 Å². The Morgan fingerprint density at radius 3 is 2.72 bits per heavy atom. The zero-order valence-corrected chi connectivity index (χ0v) is 17.7. The molecule has 0 aliphatic carbocycles. The van der Waals surface area contributed by atoms with Gasteiger partial charge < -0.3 is 9.80 Å². The average Bonchev–Trinajstić information content (AvgIpc) is 3.16. The summed E-state index contributed by atoms with van der Waals surface area (Å²) in [4.78, 5) is 20.0. The SMILES string of the molecule is CN(C(=O)Cc1ccc(Cl)c(Cl)c1)[C@H](CN1CC[C@H](N=[N+]=[N-])C1)c1ccccc1. The van der Waals surface area contributed by atoms with Crippen LogP contribution in [-0.2, 0) is 11.2 Å². The molecule has 1 amide bonds. The van der Waals surface area contributed by atoms with Crippen LogP contribution in [0.2, 0.25) is 10.0 Å². The van der Waals surface area contributed by atoms with Crippen LogP contribution in [-0.4, -0.2) is 48.4 Å². The second kappa shape index (κ2) is 9.99. The van der Waals surface area contributed by atoms with Gasteiger partial charge in [-0.15, -0.1) is 0 Å². The molecular formula is C21H23Cl2N5O. The van der Waals surface area contributed by atoms with Gasteiger partial charge in [0.2, 0.25) is 5.91 Å². The van der Waals surface area contributed by atoms with Gasteiger partial charge in [-0.05, 0) is 41.8 Å². The number of rotatable bonds is 7. The summed E-state index contributed by atoms with van der Waals surface area (Å²) < 4.78 is 0. The summed E-state index contributed by atoms with van der Waals surface area (Å²) in [6.45, 7) is 2.25. The van der Waals surface area contributed by atoms with Crippen LogP contribution in [0, 0.1) is 0 Å². The molecule has 8 heteroatoms. The smallest absolute Gasteiger partial charge is 0.227 e. The number of hydrogen-bond acceptors (Lipinski definition) is 3. The van der Waals surface area contributed by atoms with Crippen LogP contribution < -0.4 is 0 Å². The Morgan fingerprint density at radius 1 is 1.28 bits per heavy atom. The van der Waals surface area contributed by atoms with Gasteiger partial charge in [-0.25, -0.2) is 0 Å². The summed E-state index contributed by atoms with van der Waals surface area (Å²) in [7, 11) is 1.83. The lowest BCUT2D eigenvalue weighted by Gasteiger charge is -2.32. The number of carbonyl (C=O) groups is 1. The Balaban J connectivity index is 1.75. The van der Waals surface area contributed by atoms with E-state index < -0.39 is 0 Å². The Hall–Kier alpha value is -2.24. The van der Waals surface area contributed by atoms with Gasteiger partial charge in [-0.2, -0.15) is 0 Å². The third-order valence-electron chi connectivity index (χ3n) is 5.28. The number of amides is 1. The molecule has 1 aliphatic rings. The van der Waals surface area contributed by atoms with E-state index in [0.29, 0.717) is 23.1 Å². The normalized spacial score (nSPS) is 17.6.